The van der Waals surface area contributed by atoms with E-state index in [-0.39, 0.29) is 29.1 Å². The number of nitrogens with zero attached hydrogens (tertiary/aromatic N) is 3. The van der Waals surface area contributed by atoms with Crippen LogP contribution in [0, 0.1) is 5.21 Å². The first-order valence-electron chi connectivity index (χ1n) is 7.41. The summed E-state index contributed by atoms with van der Waals surface area (Å²) in [5.41, 5.74) is 0.199. The molecule has 1 aliphatic heterocycles. The molecule has 0 aromatic carbocycles. The standard InChI is InChI=1S/C15H18BrClN3O4/c1-4-24-14(22)11-12(20(8(2)3)15(16)18-11)13(21)10-6-5-9(17)7-19(10)23/h5-8,10,13,21H,4H2,1-3H3/q-1. The summed E-state index contributed by atoms with van der Waals surface area (Å²) in [4.78, 5) is 16.4. The summed E-state index contributed by atoms with van der Waals surface area (Å²) in [5.74, 6) is -0.655. The number of hydroxylamine groups is 2. The zero-order chi connectivity index (χ0) is 18.0. The summed E-state index contributed by atoms with van der Waals surface area (Å²) in [7, 11) is 0. The number of carbonyl (C=O) groups is 1. The highest BCUT2D eigenvalue weighted by Gasteiger charge is 2.33. The molecule has 0 bridgehead atoms. The van der Waals surface area contributed by atoms with E-state index in [0.717, 1.165) is 0 Å². The van der Waals surface area contributed by atoms with Gasteiger partial charge in [0.15, 0.2) is 10.4 Å². The molecule has 1 aromatic heterocycles. The molecule has 2 heterocycles. The van der Waals surface area contributed by atoms with Gasteiger partial charge in [0.1, 0.15) is 6.10 Å². The fraction of sp³-hybridized carbons (Fsp3) is 0.467. The fourth-order valence-electron chi connectivity index (χ4n) is 2.47. The SMILES string of the molecule is CCOC(=O)c1nc(Br)n(C(C)C)c1C(O)C1C=CC(Cl)=CN1[O-]. The first-order chi connectivity index (χ1) is 11.3. The first kappa shape index (κ1) is 19.0. The van der Waals surface area contributed by atoms with Crippen LogP contribution in [-0.2, 0) is 4.74 Å². The van der Waals surface area contributed by atoms with Crippen molar-refractivity contribution in [3.05, 3.63) is 44.7 Å². The Morgan fingerprint density at radius 3 is 2.79 bits per heavy atom. The summed E-state index contributed by atoms with van der Waals surface area (Å²) in [6.07, 6.45) is 2.89. The van der Waals surface area contributed by atoms with Crippen molar-refractivity contribution in [2.24, 2.45) is 0 Å². The van der Waals surface area contributed by atoms with Crippen LogP contribution in [0.25, 0.3) is 0 Å². The highest BCUT2D eigenvalue weighted by atomic mass is 79.9. The van der Waals surface area contributed by atoms with Crippen molar-refractivity contribution < 1.29 is 14.6 Å². The minimum Gasteiger partial charge on any atom is -0.758 e. The molecule has 9 heteroatoms. The third-order valence-corrected chi connectivity index (χ3v) is 4.27. The van der Waals surface area contributed by atoms with E-state index in [9.17, 15) is 15.1 Å². The fourth-order valence-corrected chi connectivity index (χ4v) is 3.42. The van der Waals surface area contributed by atoms with Crippen LogP contribution in [0.1, 0.15) is 49.1 Å². The highest BCUT2D eigenvalue weighted by Crippen LogP contribution is 2.33. The summed E-state index contributed by atoms with van der Waals surface area (Å²) < 4.78 is 7.04. The predicted octanol–water partition coefficient (Wildman–Crippen LogP) is 3.26. The van der Waals surface area contributed by atoms with Crippen LogP contribution in [0.2, 0.25) is 0 Å². The normalized spacial score (nSPS) is 18.8. The summed E-state index contributed by atoms with van der Waals surface area (Å²) in [5, 5.41) is 23.7. The molecule has 0 saturated carbocycles. The lowest BCUT2D eigenvalue weighted by Crippen LogP contribution is -2.34. The Morgan fingerprint density at radius 2 is 2.25 bits per heavy atom. The van der Waals surface area contributed by atoms with Gasteiger partial charge in [0.05, 0.1) is 23.4 Å². The Hall–Kier alpha value is -1.35. The van der Waals surface area contributed by atoms with Crippen LogP contribution >= 0.6 is 27.5 Å². The number of imidazole rings is 1. The van der Waals surface area contributed by atoms with Crippen LogP contribution in [-0.4, -0.2) is 38.3 Å². The van der Waals surface area contributed by atoms with Gasteiger partial charge in [-0.25, -0.2) is 9.78 Å². The van der Waals surface area contributed by atoms with E-state index in [0.29, 0.717) is 9.80 Å². The maximum atomic E-state index is 12.2. The molecule has 0 saturated heterocycles. The number of allylic oxidation sites excluding steroid dienone is 2. The van der Waals surface area contributed by atoms with Gasteiger partial charge >= 0.3 is 5.97 Å². The summed E-state index contributed by atoms with van der Waals surface area (Å²) >= 11 is 9.08. The Bertz CT molecular complexity index is 687. The zero-order valence-electron chi connectivity index (χ0n) is 13.4. The smallest absolute Gasteiger partial charge is 0.358 e. The van der Waals surface area contributed by atoms with E-state index in [4.69, 9.17) is 16.3 Å². The molecular weight excluding hydrogens is 402 g/mol. The van der Waals surface area contributed by atoms with Gasteiger partial charge < -0.3 is 24.7 Å². The molecule has 0 radical (unpaired) electrons. The minimum atomic E-state index is -1.29. The topological polar surface area (TPSA) is 90.6 Å². The van der Waals surface area contributed by atoms with E-state index in [1.165, 1.54) is 18.4 Å². The molecule has 2 rings (SSSR count). The number of esters is 1. The van der Waals surface area contributed by atoms with E-state index >= 15 is 0 Å². The Kier molecular flexibility index (Phi) is 6.08. The average Bonchev–Trinajstić information content (AvgIpc) is 2.84. The van der Waals surface area contributed by atoms with Gasteiger partial charge in [0.2, 0.25) is 0 Å². The second-order valence-corrected chi connectivity index (χ2v) is 6.61. The van der Waals surface area contributed by atoms with Crippen molar-refractivity contribution in [3.63, 3.8) is 0 Å². The van der Waals surface area contributed by atoms with Crippen molar-refractivity contribution in [1.29, 1.82) is 0 Å². The molecule has 1 N–H and O–H groups in total. The number of ether oxygens (including phenoxy) is 1. The van der Waals surface area contributed by atoms with Crippen LogP contribution in [0.5, 0.6) is 0 Å². The zero-order valence-corrected chi connectivity index (χ0v) is 15.8. The maximum Gasteiger partial charge on any atom is 0.358 e. The van der Waals surface area contributed by atoms with Gasteiger partial charge in [-0.2, -0.15) is 0 Å². The van der Waals surface area contributed by atoms with E-state index in [1.54, 1.807) is 11.5 Å². The van der Waals surface area contributed by atoms with Gasteiger partial charge in [0, 0.05) is 12.2 Å². The lowest BCUT2D eigenvalue weighted by molar-refractivity contribution is 0.0503. The summed E-state index contributed by atoms with van der Waals surface area (Å²) in [6.45, 7) is 5.61. The first-order valence-corrected chi connectivity index (χ1v) is 8.58. The monoisotopic (exact) mass is 418 g/mol. The molecule has 0 aliphatic carbocycles. The molecule has 132 valence electrons. The van der Waals surface area contributed by atoms with E-state index < -0.39 is 18.1 Å². The van der Waals surface area contributed by atoms with Gasteiger partial charge in [-0.15, -0.1) is 0 Å². The van der Waals surface area contributed by atoms with Gasteiger partial charge in [-0.1, -0.05) is 17.7 Å². The number of aromatic nitrogens is 2. The molecule has 1 aliphatic rings. The minimum absolute atomic E-state index is 0.0209. The Morgan fingerprint density at radius 1 is 1.58 bits per heavy atom. The lowest BCUT2D eigenvalue weighted by Gasteiger charge is -2.39. The number of hydrogen-bond donors (Lipinski definition) is 1. The predicted molar refractivity (Wildman–Crippen MR) is 93.3 cm³/mol. The molecule has 1 aromatic rings. The molecule has 7 nitrogen and oxygen atoms in total. The van der Waals surface area contributed by atoms with Crippen molar-refractivity contribution in [3.8, 4) is 0 Å². The molecule has 2 atom stereocenters. The van der Waals surface area contributed by atoms with Crippen molar-refractivity contribution in [1.82, 2.24) is 14.6 Å². The highest BCUT2D eigenvalue weighted by molar-refractivity contribution is 9.10. The molecular formula is C15H18BrClN3O4-. The number of aliphatic hydroxyl groups excluding tert-OH is 1. The third-order valence-electron chi connectivity index (χ3n) is 3.49. The molecule has 0 spiro atoms. The van der Waals surface area contributed by atoms with Gasteiger partial charge in [0.25, 0.3) is 0 Å². The largest absolute Gasteiger partial charge is 0.758 e. The number of carbonyl (C=O) groups excluding carboxylic acids is 1. The van der Waals surface area contributed by atoms with E-state index in [1.807, 2.05) is 13.8 Å². The quantitative estimate of drug-likeness (QED) is 0.737. The number of rotatable bonds is 5. The average molecular weight is 420 g/mol. The Labute approximate surface area is 153 Å². The third kappa shape index (κ3) is 3.66. The van der Waals surface area contributed by atoms with Crippen molar-refractivity contribution in [2.75, 3.05) is 6.61 Å². The maximum absolute atomic E-state index is 12.2. The lowest BCUT2D eigenvalue weighted by atomic mass is 10.0. The van der Waals surface area contributed by atoms with E-state index in [2.05, 4.69) is 20.9 Å². The number of halogens is 2. The molecule has 24 heavy (non-hydrogen) atoms. The van der Waals surface area contributed by atoms with Gasteiger partial charge in [-0.3, -0.25) is 0 Å². The second kappa shape index (κ2) is 7.69. The summed E-state index contributed by atoms with van der Waals surface area (Å²) in [6, 6.07) is -1.03. The van der Waals surface area contributed by atoms with Crippen LogP contribution in [0.4, 0.5) is 0 Å². The second-order valence-electron chi connectivity index (χ2n) is 5.47. The van der Waals surface area contributed by atoms with Crippen molar-refractivity contribution in [2.45, 2.75) is 39.0 Å². The van der Waals surface area contributed by atoms with Crippen molar-refractivity contribution >= 4 is 33.5 Å². The van der Waals surface area contributed by atoms with Crippen LogP contribution in [0.3, 0.4) is 0 Å². The van der Waals surface area contributed by atoms with Gasteiger partial charge in [-0.05, 0) is 42.8 Å². The Balaban J connectivity index is 2.50. The number of aliphatic hydroxyl groups is 1. The molecule has 0 amide bonds. The van der Waals surface area contributed by atoms with Crippen LogP contribution < -0.4 is 0 Å². The van der Waals surface area contributed by atoms with Crippen LogP contribution in [0.15, 0.2) is 28.1 Å². The number of hydrogen-bond acceptors (Lipinski definition) is 6. The molecule has 2 unspecified atom stereocenters. The molecule has 0 fully saturated rings.